The van der Waals surface area contributed by atoms with Gasteiger partial charge < -0.3 is 4.74 Å². The Morgan fingerprint density at radius 3 is 1.67 bits per heavy atom. The van der Waals surface area contributed by atoms with Gasteiger partial charge in [-0.25, -0.2) is 0 Å². The molecule has 1 nitrogen and oxygen atoms in total. The van der Waals surface area contributed by atoms with Gasteiger partial charge in [0.05, 0.1) is 0 Å². The average Bonchev–Trinajstić information content (AvgIpc) is 1.64. The Bertz CT molecular complexity index is 94.9. The highest BCUT2D eigenvalue weighted by molar-refractivity contribution is 4.85. The lowest BCUT2D eigenvalue weighted by Gasteiger charge is -2.25. The van der Waals surface area contributed by atoms with E-state index in [1.165, 1.54) is 0 Å². The smallest absolute Gasteiger partial charge is 0.369 e. The van der Waals surface area contributed by atoms with E-state index in [4.69, 9.17) is 0 Å². The lowest BCUT2D eigenvalue weighted by Crippen LogP contribution is -2.41. The zero-order chi connectivity index (χ0) is 7.71. The molecule has 0 aliphatic heterocycles. The fourth-order valence-corrected chi connectivity index (χ4v) is 0.116. The number of hydrogen-bond acceptors (Lipinski definition) is 1. The van der Waals surface area contributed by atoms with Gasteiger partial charge in [-0.15, -0.1) is 0 Å². The molecule has 0 saturated heterocycles. The molecule has 4 heteroatoms. The summed E-state index contributed by atoms with van der Waals surface area (Å²) in [6, 6.07) is 0. The molecule has 1 atom stereocenters. The first-order valence-electron chi connectivity index (χ1n) is 2.28. The van der Waals surface area contributed by atoms with Gasteiger partial charge in [0.15, 0.2) is 5.60 Å². The molecule has 55 valence electrons. The van der Waals surface area contributed by atoms with Gasteiger partial charge in [0.1, 0.15) is 0 Å². The van der Waals surface area contributed by atoms with Crippen LogP contribution in [-0.4, -0.2) is 18.9 Å². The van der Waals surface area contributed by atoms with E-state index in [2.05, 4.69) is 11.7 Å². The third-order valence-corrected chi connectivity index (χ3v) is 1.05. The molecule has 0 aliphatic rings. The van der Waals surface area contributed by atoms with Gasteiger partial charge in [0.2, 0.25) is 0 Å². The van der Waals surface area contributed by atoms with Crippen molar-refractivity contribution in [1.82, 2.24) is 0 Å². The summed E-state index contributed by atoms with van der Waals surface area (Å²) in [7, 11) is 0.973. The summed E-state index contributed by atoms with van der Waals surface area (Å²) in [5.74, 6) is 0. The first-order chi connectivity index (χ1) is 3.81. The second kappa shape index (κ2) is 2.17. The lowest BCUT2D eigenvalue weighted by molar-refractivity contribution is -0.243. The third kappa shape index (κ3) is 1.86. The highest BCUT2D eigenvalue weighted by Crippen LogP contribution is 2.31. The van der Waals surface area contributed by atoms with Gasteiger partial charge in [0.25, 0.3) is 0 Å². The van der Waals surface area contributed by atoms with E-state index < -0.39 is 11.8 Å². The molecule has 0 aromatic heterocycles. The first kappa shape index (κ1) is 8.75. The van der Waals surface area contributed by atoms with Crippen molar-refractivity contribution in [2.24, 2.45) is 0 Å². The van der Waals surface area contributed by atoms with Gasteiger partial charge in [-0.05, 0) is 13.8 Å². The van der Waals surface area contributed by atoms with Crippen molar-refractivity contribution >= 4 is 0 Å². The molecule has 1 unspecified atom stereocenters. The zero-order valence-corrected chi connectivity index (χ0v) is 5.25. The maximum absolute atomic E-state index is 11.6. The number of alkyl halides is 3. The number of methoxy groups -OCH3 is 1. The van der Waals surface area contributed by atoms with E-state index in [0.29, 0.717) is 0 Å². The molecule has 1 radical (unpaired) electrons. The fourth-order valence-electron chi connectivity index (χ4n) is 0.116. The first-order valence-corrected chi connectivity index (χ1v) is 2.28. The summed E-state index contributed by atoms with van der Waals surface area (Å²) in [6.07, 6.45) is -4.39. The van der Waals surface area contributed by atoms with Gasteiger partial charge in [-0.3, -0.25) is 0 Å². The predicted molar refractivity (Wildman–Crippen MR) is 26.8 cm³/mol. The van der Waals surface area contributed by atoms with Crippen molar-refractivity contribution in [3.8, 4) is 0 Å². The van der Waals surface area contributed by atoms with Crippen LogP contribution in [0, 0.1) is 6.92 Å². The molecular formula is C5H8F3O. The van der Waals surface area contributed by atoms with E-state index in [1.54, 1.807) is 0 Å². The fraction of sp³-hybridized carbons (Fsp3) is 0.800. The van der Waals surface area contributed by atoms with Crippen LogP contribution in [0.1, 0.15) is 6.92 Å². The van der Waals surface area contributed by atoms with Crippen LogP contribution in [0.25, 0.3) is 0 Å². The van der Waals surface area contributed by atoms with Crippen molar-refractivity contribution < 1.29 is 17.9 Å². The summed E-state index contributed by atoms with van der Waals surface area (Å²) in [5.41, 5.74) is -2.27. The predicted octanol–water partition coefficient (Wildman–Crippen LogP) is 1.79. The summed E-state index contributed by atoms with van der Waals surface area (Å²) < 4.78 is 39.0. The van der Waals surface area contributed by atoms with Crippen LogP contribution in [0.4, 0.5) is 13.2 Å². The maximum Gasteiger partial charge on any atom is 0.417 e. The largest absolute Gasteiger partial charge is 0.417 e. The van der Waals surface area contributed by atoms with E-state index in [1.807, 2.05) is 0 Å². The molecule has 0 heterocycles. The molecule has 0 spiro atoms. The van der Waals surface area contributed by atoms with Crippen LogP contribution in [0.3, 0.4) is 0 Å². The van der Waals surface area contributed by atoms with Gasteiger partial charge >= 0.3 is 6.18 Å². The van der Waals surface area contributed by atoms with Gasteiger partial charge in [0, 0.05) is 7.11 Å². The van der Waals surface area contributed by atoms with Crippen LogP contribution in [-0.2, 0) is 4.74 Å². The van der Waals surface area contributed by atoms with E-state index in [-0.39, 0.29) is 0 Å². The van der Waals surface area contributed by atoms with Crippen molar-refractivity contribution in [3.05, 3.63) is 6.92 Å². The third-order valence-electron chi connectivity index (χ3n) is 1.05. The SMILES string of the molecule is [CH2]C(C)(OC)C(F)(F)F. The van der Waals surface area contributed by atoms with E-state index in [9.17, 15) is 13.2 Å². The summed E-state index contributed by atoms with van der Waals surface area (Å²) in [6.45, 7) is 3.68. The highest BCUT2D eigenvalue weighted by atomic mass is 19.4. The van der Waals surface area contributed by atoms with Crippen LogP contribution in [0.2, 0.25) is 0 Å². The second-order valence-corrected chi connectivity index (χ2v) is 1.93. The molecule has 9 heavy (non-hydrogen) atoms. The molecule has 0 aromatic carbocycles. The average molecular weight is 141 g/mol. The number of ether oxygens (including phenoxy) is 1. The minimum Gasteiger partial charge on any atom is -0.369 e. The van der Waals surface area contributed by atoms with Crippen LogP contribution in [0.15, 0.2) is 0 Å². The van der Waals surface area contributed by atoms with Crippen molar-refractivity contribution in [2.45, 2.75) is 18.7 Å². The zero-order valence-electron chi connectivity index (χ0n) is 5.25. The second-order valence-electron chi connectivity index (χ2n) is 1.93. The summed E-state index contributed by atoms with van der Waals surface area (Å²) in [4.78, 5) is 0. The molecule has 0 fully saturated rings. The molecule has 0 aliphatic carbocycles. The van der Waals surface area contributed by atoms with Crippen molar-refractivity contribution in [1.29, 1.82) is 0 Å². The maximum atomic E-state index is 11.6. The van der Waals surface area contributed by atoms with Crippen molar-refractivity contribution in [3.63, 3.8) is 0 Å². The van der Waals surface area contributed by atoms with E-state index >= 15 is 0 Å². The topological polar surface area (TPSA) is 9.23 Å². The van der Waals surface area contributed by atoms with Crippen LogP contribution >= 0.6 is 0 Å². The Morgan fingerprint density at radius 2 is 1.67 bits per heavy atom. The highest BCUT2D eigenvalue weighted by Gasteiger charge is 2.47. The molecule has 0 saturated carbocycles. The molecule has 0 rings (SSSR count). The summed E-state index contributed by atoms with van der Waals surface area (Å²) >= 11 is 0. The Labute approximate surface area is 51.8 Å². The van der Waals surface area contributed by atoms with Crippen LogP contribution in [0.5, 0.6) is 0 Å². The summed E-state index contributed by atoms with van der Waals surface area (Å²) in [5, 5.41) is 0. The van der Waals surface area contributed by atoms with Crippen molar-refractivity contribution in [2.75, 3.05) is 7.11 Å². The van der Waals surface area contributed by atoms with Gasteiger partial charge in [-0.2, -0.15) is 13.2 Å². The molecule has 0 N–H and O–H groups in total. The quantitative estimate of drug-likeness (QED) is 0.540. The Kier molecular flexibility index (Phi) is 2.11. The van der Waals surface area contributed by atoms with Crippen LogP contribution < -0.4 is 0 Å². The molecule has 0 amide bonds. The Morgan fingerprint density at radius 1 is 1.33 bits per heavy atom. The number of rotatable bonds is 1. The Balaban J connectivity index is 4.14. The number of hydrogen-bond donors (Lipinski definition) is 0. The molecule has 0 aromatic rings. The van der Waals surface area contributed by atoms with Gasteiger partial charge in [-0.1, -0.05) is 0 Å². The minimum absolute atomic E-state index is 0.868. The van der Waals surface area contributed by atoms with E-state index in [0.717, 1.165) is 14.0 Å². The molecule has 0 bridgehead atoms. The minimum atomic E-state index is -4.39. The lowest BCUT2D eigenvalue weighted by atomic mass is 10.1. The monoisotopic (exact) mass is 141 g/mol. The Hall–Kier alpha value is -0.250. The normalized spacial score (nSPS) is 14.0. The molecular weight excluding hydrogens is 133 g/mol. The number of halogens is 3. The standard InChI is InChI=1S/C5H8F3O/c1-4(2,9-3)5(6,7)8/h1H2,2-3H3.